The van der Waals surface area contributed by atoms with Crippen molar-refractivity contribution in [1.29, 1.82) is 0 Å². The third-order valence-corrected chi connectivity index (χ3v) is 17.8. The zero-order valence-corrected chi connectivity index (χ0v) is 27.1. The van der Waals surface area contributed by atoms with E-state index in [1.54, 1.807) is 0 Å². The van der Waals surface area contributed by atoms with Crippen molar-refractivity contribution in [2.75, 3.05) is 0 Å². The molecule has 0 unspecified atom stereocenters. The molecule has 0 aliphatic heterocycles. The first-order chi connectivity index (χ1) is 19.9. The van der Waals surface area contributed by atoms with E-state index in [9.17, 15) is 4.79 Å². The number of rotatable bonds is 5. The van der Waals surface area contributed by atoms with E-state index in [1.165, 1.54) is 41.2 Å². The highest BCUT2D eigenvalue weighted by Crippen LogP contribution is 2.66. The maximum Gasteiger partial charge on any atom is 0.288 e. The van der Waals surface area contributed by atoms with Crippen LogP contribution < -0.4 is 15.6 Å². The Bertz CT molecular complexity index is 1280. The predicted molar refractivity (Wildman–Crippen MR) is 174 cm³/mol. The van der Waals surface area contributed by atoms with Crippen molar-refractivity contribution in [3.63, 3.8) is 0 Å². The Morgan fingerprint density at radius 2 is 1.22 bits per heavy atom. The van der Waals surface area contributed by atoms with Crippen LogP contribution in [0.15, 0.2) is 91.0 Å². The van der Waals surface area contributed by atoms with Crippen LogP contribution in [0.1, 0.15) is 65.2 Å². The van der Waals surface area contributed by atoms with Gasteiger partial charge < -0.3 is 4.43 Å². The molecule has 4 saturated carbocycles. The van der Waals surface area contributed by atoms with Crippen LogP contribution in [-0.4, -0.2) is 25.0 Å². The lowest BCUT2D eigenvalue weighted by molar-refractivity contribution is -0.156. The molecule has 0 saturated heterocycles. The lowest BCUT2D eigenvalue weighted by Crippen LogP contribution is -2.71. The van der Waals surface area contributed by atoms with Gasteiger partial charge in [-0.1, -0.05) is 121 Å². The fraction of sp³-hybridized carbons (Fsp3) is 0.486. The topological polar surface area (TPSA) is 26.3 Å². The van der Waals surface area contributed by atoms with Gasteiger partial charge in [-0.25, -0.2) is 0 Å². The first kappa shape index (κ1) is 27.8. The van der Waals surface area contributed by atoms with E-state index in [4.69, 9.17) is 4.43 Å². The normalized spacial score (nSPS) is 36.7. The van der Waals surface area contributed by atoms with E-state index in [-0.39, 0.29) is 17.4 Å². The van der Waals surface area contributed by atoms with Gasteiger partial charge in [0.15, 0.2) is 0 Å². The molecule has 0 heterocycles. The lowest BCUT2D eigenvalue weighted by Gasteiger charge is -2.60. The third-order valence-electron chi connectivity index (χ3n) is 12.2. The lowest BCUT2D eigenvalue weighted by atomic mass is 9.45. The summed E-state index contributed by atoms with van der Waals surface area (Å²) in [5, 5.41) is 3.83. The van der Waals surface area contributed by atoms with Gasteiger partial charge in [-0.05, 0) is 89.1 Å². The summed E-state index contributed by atoms with van der Waals surface area (Å²) in [5.41, 5.74) is 0.458. The highest BCUT2D eigenvalue weighted by atomic mass is 79.9. The summed E-state index contributed by atoms with van der Waals surface area (Å²) < 4.78 is 7.60. The maximum atomic E-state index is 14.1. The van der Waals surface area contributed by atoms with E-state index in [1.807, 2.05) is 0 Å². The van der Waals surface area contributed by atoms with E-state index >= 15 is 0 Å². The fourth-order valence-electron chi connectivity index (χ4n) is 10.0. The van der Waals surface area contributed by atoms with Crippen LogP contribution in [0.2, 0.25) is 0 Å². The minimum absolute atomic E-state index is 0.0770. The number of hydrogen-bond donors (Lipinski definition) is 0. The van der Waals surface area contributed by atoms with Gasteiger partial charge in [0.1, 0.15) is 5.78 Å². The Kier molecular flexibility index (Phi) is 7.19. The van der Waals surface area contributed by atoms with Gasteiger partial charge in [0.25, 0.3) is 8.32 Å². The molecule has 0 N–H and O–H groups in total. The van der Waals surface area contributed by atoms with Crippen LogP contribution in [0, 0.1) is 34.5 Å². The van der Waals surface area contributed by atoms with Gasteiger partial charge in [-0.15, -0.1) is 0 Å². The van der Waals surface area contributed by atoms with Crippen LogP contribution in [0.25, 0.3) is 0 Å². The van der Waals surface area contributed by atoms with E-state index in [0.717, 1.165) is 25.7 Å². The number of fused-ring (bicyclic) bond motifs is 5. The zero-order chi connectivity index (χ0) is 28.2. The SMILES string of the molecule is C[C@]12CC[C@@H](O[Si](c3ccccc3)(c3ccccc3)c3ccccc3)C[C@@H]1C(=O)C[C@@H]1[C@@H]2CC[C@]2(C)[C@H](Br)CC[C@@H]12. The van der Waals surface area contributed by atoms with Gasteiger partial charge in [0, 0.05) is 23.3 Å². The second kappa shape index (κ2) is 10.6. The minimum Gasteiger partial charge on any atom is -0.401 e. The molecule has 4 aliphatic carbocycles. The van der Waals surface area contributed by atoms with Crippen molar-refractivity contribution in [3.8, 4) is 0 Å². The van der Waals surface area contributed by atoms with E-state index < -0.39 is 8.32 Å². The summed E-state index contributed by atoms with van der Waals surface area (Å²) in [7, 11) is -2.80. The molecule has 3 aromatic carbocycles. The molecule has 214 valence electrons. The Morgan fingerprint density at radius 3 is 1.78 bits per heavy atom. The van der Waals surface area contributed by atoms with E-state index in [0.29, 0.717) is 33.8 Å². The molecular weight excluding hydrogens is 584 g/mol. The fourth-order valence-corrected chi connectivity index (χ4v) is 15.0. The van der Waals surface area contributed by atoms with Gasteiger partial charge in [0.2, 0.25) is 0 Å². The Morgan fingerprint density at radius 1 is 0.707 bits per heavy atom. The van der Waals surface area contributed by atoms with E-state index in [2.05, 4.69) is 121 Å². The molecule has 0 bridgehead atoms. The van der Waals surface area contributed by atoms with Crippen molar-refractivity contribution in [2.45, 2.75) is 76.1 Å². The van der Waals surface area contributed by atoms with Crippen molar-refractivity contribution in [1.82, 2.24) is 0 Å². The minimum atomic E-state index is -2.80. The average molecular weight is 628 g/mol. The van der Waals surface area contributed by atoms with Crippen LogP contribution in [-0.2, 0) is 9.22 Å². The average Bonchev–Trinajstić information content (AvgIpc) is 3.32. The summed E-state index contributed by atoms with van der Waals surface area (Å²) >= 11 is 4.05. The first-order valence-corrected chi connectivity index (χ1v) is 18.7. The summed E-state index contributed by atoms with van der Waals surface area (Å²) in [6.07, 6.45) is 8.99. The van der Waals surface area contributed by atoms with Gasteiger partial charge in [0.05, 0.1) is 0 Å². The second-order valence-electron chi connectivity index (χ2n) is 14.0. The molecule has 0 aromatic heterocycles. The number of benzene rings is 3. The Balaban J connectivity index is 1.23. The smallest absolute Gasteiger partial charge is 0.288 e. The Labute approximate surface area is 255 Å². The van der Waals surface area contributed by atoms with Gasteiger partial charge in [-0.2, -0.15) is 0 Å². The molecule has 7 rings (SSSR count). The van der Waals surface area contributed by atoms with Crippen LogP contribution in [0.5, 0.6) is 0 Å². The largest absolute Gasteiger partial charge is 0.401 e. The third kappa shape index (κ3) is 4.38. The summed E-state index contributed by atoms with van der Waals surface area (Å²) in [6.45, 7) is 4.99. The van der Waals surface area contributed by atoms with Crippen molar-refractivity contribution in [2.24, 2.45) is 34.5 Å². The number of hydrogen-bond acceptors (Lipinski definition) is 2. The number of alkyl halides is 1. The monoisotopic (exact) mass is 626 g/mol. The predicted octanol–water partition coefficient (Wildman–Crippen LogP) is 7.02. The molecule has 0 amide bonds. The molecule has 41 heavy (non-hydrogen) atoms. The summed E-state index contributed by atoms with van der Waals surface area (Å²) in [5.74, 6) is 2.56. The number of halogens is 1. The Hall–Kier alpha value is -2.01. The number of carbonyl (C=O) groups excluding carboxylic acids is 1. The molecule has 4 aliphatic rings. The standard InChI is InChI=1S/C37H43BrO2Si/c1-36-22-20-26(24-33(36)34(39)25-30-31-18-19-35(38)37(31,2)23-21-32(30)36)40-41(27-12-6-3-7-13-27,28-14-8-4-9-15-28)29-16-10-5-11-17-29/h3-17,26,30-33,35H,18-25H2,1-2H3/t26-,30+,31+,32+,33-,35-,36-,37+/m1/s1. The molecule has 8 atom stereocenters. The van der Waals surface area contributed by atoms with Gasteiger partial charge >= 0.3 is 0 Å². The molecule has 0 spiro atoms. The molecule has 3 aromatic rings. The quantitative estimate of drug-likeness (QED) is 0.173. The zero-order valence-electron chi connectivity index (χ0n) is 24.5. The molecule has 4 heteroatoms. The van der Waals surface area contributed by atoms with Crippen LogP contribution >= 0.6 is 15.9 Å². The summed E-state index contributed by atoms with van der Waals surface area (Å²) in [6, 6.07) is 32.7. The van der Waals surface area contributed by atoms with Crippen LogP contribution in [0.4, 0.5) is 0 Å². The molecule has 4 fully saturated rings. The van der Waals surface area contributed by atoms with Crippen molar-refractivity contribution in [3.05, 3.63) is 91.0 Å². The number of Topliss-reactive ketones (excluding diaryl/α,β-unsaturated/α-hetero) is 1. The van der Waals surface area contributed by atoms with Crippen molar-refractivity contribution < 1.29 is 9.22 Å². The molecule has 2 nitrogen and oxygen atoms in total. The van der Waals surface area contributed by atoms with Crippen molar-refractivity contribution >= 4 is 45.6 Å². The second-order valence-corrected chi connectivity index (χ2v) is 18.4. The molecular formula is C37H43BrO2Si. The first-order valence-electron chi connectivity index (χ1n) is 15.9. The highest BCUT2D eigenvalue weighted by molar-refractivity contribution is 9.09. The molecule has 0 radical (unpaired) electrons. The van der Waals surface area contributed by atoms with Crippen LogP contribution in [0.3, 0.4) is 0 Å². The van der Waals surface area contributed by atoms with Gasteiger partial charge in [-0.3, -0.25) is 4.79 Å². The number of ketones is 1. The number of carbonyl (C=O) groups is 1. The summed E-state index contributed by atoms with van der Waals surface area (Å²) in [4.78, 5) is 14.7. The maximum absolute atomic E-state index is 14.1. The highest BCUT2D eigenvalue weighted by Gasteiger charge is 2.62.